The number of anilines is 1. The summed E-state index contributed by atoms with van der Waals surface area (Å²) in [4.78, 5) is 19.9. The maximum atomic E-state index is 11.5. The Kier molecular flexibility index (Phi) is 6.70. The van der Waals surface area contributed by atoms with Gasteiger partial charge in [0.1, 0.15) is 12.1 Å². The van der Waals surface area contributed by atoms with Gasteiger partial charge < -0.3 is 10.6 Å². The molecule has 0 aliphatic rings. The second-order valence-corrected chi connectivity index (χ2v) is 4.96. The van der Waals surface area contributed by atoms with Crippen molar-refractivity contribution in [1.29, 1.82) is 0 Å². The third-order valence-electron chi connectivity index (χ3n) is 2.86. The topological polar surface area (TPSA) is 66.9 Å². The summed E-state index contributed by atoms with van der Waals surface area (Å²) in [5.74, 6) is 1.18. The van der Waals surface area contributed by atoms with Crippen LogP contribution in [0.15, 0.2) is 18.5 Å². The molecular formula is C15H24N4O. The third-order valence-corrected chi connectivity index (χ3v) is 2.86. The van der Waals surface area contributed by atoms with Gasteiger partial charge in [-0.25, -0.2) is 9.97 Å². The molecule has 1 amide bonds. The molecule has 0 aliphatic heterocycles. The predicted molar refractivity (Wildman–Crippen MR) is 81.6 cm³/mol. The number of carbonyl (C=O) groups is 1. The van der Waals surface area contributed by atoms with E-state index in [0.717, 1.165) is 23.5 Å². The van der Waals surface area contributed by atoms with Crippen LogP contribution in [0.3, 0.4) is 0 Å². The molecule has 0 saturated carbocycles. The van der Waals surface area contributed by atoms with Crippen LogP contribution in [0, 0.1) is 12.8 Å². The number of nitrogens with zero attached hydrogens (tertiary/aromatic N) is 2. The number of nitrogens with one attached hydrogen (secondary N) is 2. The summed E-state index contributed by atoms with van der Waals surface area (Å²) in [5, 5.41) is 6.06. The van der Waals surface area contributed by atoms with Crippen LogP contribution in [0.4, 0.5) is 5.82 Å². The van der Waals surface area contributed by atoms with E-state index in [0.29, 0.717) is 19.0 Å². The summed E-state index contributed by atoms with van der Waals surface area (Å²) in [6.07, 6.45) is 5.90. The second-order valence-electron chi connectivity index (χ2n) is 4.96. The highest BCUT2D eigenvalue weighted by Gasteiger charge is 2.05. The lowest BCUT2D eigenvalue weighted by atomic mass is 10.2. The Morgan fingerprint density at radius 3 is 2.75 bits per heavy atom. The van der Waals surface area contributed by atoms with Crippen molar-refractivity contribution in [3.63, 3.8) is 0 Å². The van der Waals surface area contributed by atoms with Crippen LogP contribution in [0.2, 0.25) is 0 Å². The Labute approximate surface area is 120 Å². The third kappa shape index (κ3) is 5.38. The standard InChI is InChI=1S/C15H24N4O/c1-5-13-12(4)18-10-19-15(13)17-9-8-16-14(20)7-6-11(2)3/h6-7,10-11H,5,8-9H2,1-4H3,(H,16,20)(H,17,18,19). The minimum Gasteiger partial charge on any atom is -0.368 e. The van der Waals surface area contributed by atoms with Gasteiger partial charge in [-0.15, -0.1) is 0 Å². The minimum atomic E-state index is -0.0601. The van der Waals surface area contributed by atoms with Crippen molar-refractivity contribution in [2.45, 2.75) is 34.1 Å². The maximum Gasteiger partial charge on any atom is 0.243 e. The Hall–Kier alpha value is -1.91. The van der Waals surface area contributed by atoms with Gasteiger partial charge in [0.05, 0.1) is 0 Å². The van der Waals surface area contributed by atoms with E-state index in [1.165, 1.54) is 0 Å². The molecule has 1 rings (SSSR count). The summed E-state index contributed by atoms with van der Waals surface area (Å²) in [5.41, 5.74) is 2.12. The number of hydrogen-bond donors (Lipinski definition) is 2. The molecule has 0 unspecified atom stereocenters. The normalized spacial score (nSPS) is 11.1. The Balaban J connectivity index is 2.38. The zero-order valence-electron chi connectivity index (χ0n) is 12.7. The molecule has 0 aromatic carbocycles. The highest BCUT2D eigenvalue weighted by atomic mass is 16.1. The van der Waals surface area contributed by atoms with E-state index in [1.807, 2.05) is 26.8 Å². The fraction of sp³-hybridized carbons (Fsp3) is 0.533. The monoisotopic (exact) mass is 276 g/mol. The van der Waals surface area contributed by atoms with E-state index in [1.54, 1.807) is 12.4 Å². The number of carbonyl (C=O) groups excluding carboxylic acids is 1. The van der Waals surface area contributed by atoms with E-state index < -0.39 is 0 Å². The van der Waals surface area contributed by atoms with Crippen molar-refractivity contribution in [3.8, 4) is 0 Å². The largest absolute Gasteiger partial charge is 0.368 e. The molecule has 2 N–H and O–H groups in total. The predicted octanol–water partition coefficient (Wildman–Crippen LogP) is 2.09. The minimum absolute atomic E-state index is 0.0601. The molecule has 0 fully saturated rings. The van der Waals surface area contributed by atoms with Crippen molar-refractivity contribution in [2.75, 3.05) is 18.4 Å². The number of rotatable bonds is 7. The maximum absolute atomic E-state index is 11.5. The van der Waals surface area contributed by atoms with Crippen molar-refractivity contribution in [2.24, 2.45) is 5.92 Å². The van der Waals surface area contributed by atoms with Gasteiger partial charge in [-0.2, -0.15) is 0 Å². The number of aromatic nitrogens is 2. The van der Waals surface area contributed by atoms with Crippen molar-refractivity contribution in [1.82, 2.24) is 15.3 Å². The molecule has 0 atom stereocenters. The van der Waals surface area contributed by atoms with E-state index in [-0.39, 0.29) is 5.91 Å². The van der Waals surface area contributed by atoms with Crippen LogP contribution in [0.5, 0.6) is 0 Å². The lowest BCUT2D eigenvalue weighted by Crippen LogP contribution is -2.27. The average Bonchev–Trinajstić information content (AvgIpc) is 2.41. The molecule has 5 heteroatoms. The van der Waals surface area contributed by atoms with Crippen LogP contribution in [-0.2, 0) is 11.2 Å². The molecule has 1 heterocycles. The first-order chi connectivity index (χ1) is 9.54. The van der Waals surface area contributed by atoms with Crippen LogP contribution < -0.4 is 10.6 Å². The fourth-order valence-corrected chi connectivity index (χ4v) is 1.78. The molecule has 110 valence electrons. The van der Waals surface area contributed by atoms with Gasteiger partial charge in [0.15, 0.2) is 0 Å². The Bertz CT molecular complexity index is 469. The molecule has 20 heavy (non-hydrogen) atoms. The van der Waals surface area contributed by atoms with Gasteiger partial charge in [0, 0.05) is 24.3 Å². The quantitative estimate of drug-likeness (QED) is 0.591. The molecule has 0 bridgehead atoms. The Morgan fingerprint density at radius 1 is 1.35 bits per heavy atom. The molecule has 5 nitrogen and oxygen atoms in total. The first-order valence-electron chi connectivity index (χ1n) is 7.05. The van der Waals surface area contributed by atoms with E-state index in [9.17, 15) is 4.79 Å². The van der Waals surface area contributed by atoms with Crippen LogP contribution in [0.25, 0.3) is 0 Å². The van der Waals surface area contributed by atoms with Crippen LogP contribution in [0.1, 0.15) is 32.0 Å². The van der Waals surface area contributed by atoms with Crippen molar-refractivity contribution < 1.29 is 4.79 Å². The van der Waals surface area contributed by atoms with Gasteiger partial charge in [-0.05, 0) is 25.3 Å². The summed E-state index contributed by atoms with van der Waals surface area (Å²) in [7, 11) is 0. The number of amides is 1. The smallest absolute Gasteiger partial charge is 0.243 e. The lowest BCUT2D eigenvalue weighted by molar-refractivity contribution is -0.116. The number of hydrogen-bond acceptors (Lipinski definition) is 4. The highest BCUT2D eigenvalue weighted by Crippen LogP contribution is 2.14. The molecular weight excluding hydrogens is 252 g/mol. The zero-order chi connectivity index (χ0) is 15.0. The van der Waals surface area contributed by atoms with E-state index in [4.69, 9.17) is 0 Å². The van der Waals surface area contributed by atoms with Crippen molar-refractivity contribution >= 4 is 11.7 Å². The summed E-state index contributed by atoms with van der Waals surface area (Å²) < 4.78 is 0. The van der Waals surface area contributed by atoms with Gasteiger partial charge in [0.2, 0.25) is 5.91 Å². The summed E-state index contributed by atoms with van der Waals surface area (Å²) in [6.45, 7) is 9.34. The molecule has 0 saturated heterocycles. The van der Waals surface area contributed by atoms with E-state index in [2.05, 4.69) is 27.5 Å². The molecule has 0 spiro atoms. The zero-order valence-corrected chi connectivity index (χ0v) is 12.7. The van der Waals surface area contributed by atoms with Crippen molar-refractivity contribution in [3.05, 3.63) is 29.7 Å². The first kappa shape index (κ1) is 16.1. The average molecular weight is 276 g/mol. The number of allylic oxidation sites excluding steroid dienone is 1. The van der Waals surface area contributed by atoms with Gasteiger partial charge in [0.25, 0.3) is 0 Å². The SMILES string of the molecule is CCc1c(C)ncnc1NCCNC(=O)C=CC(C)C. The second kappa shape index (κ2) is 8.30. The lowest BCUT2D eigenvalue weighted by Gasteiger charge is -2.11. The fourth-order valence-electron chi connectivity index (χ4n) is 1.78. The Morgan fingerprint density at radius 2 is 2.10 bits per heavy atom. The van der Waals surface area contributed by atoms with E-state index >= 15 is 0 Å². The molecule has 0 radical (unpaired) electrons. The van der Waals surface area contributed by atoms with Gasteiger partial charge in [-0.1, -0.05) is 26.8 Å². The first-order valence-corrected chi connectivity index (χ1v) is 7.05. The van der Waals surface area contributed by atoms with Gasteiger partial charge >= 0.3 is 0 Å². The molecule has 0 aliphatic carbocycles. The highest BCUT2D eigenvalue weighted by molar-refractivity contribution is 5.87. The molecule has 1 aromatic heterocycles. The van der Waals surface area contributed by atoms with Gasteiger partial charge in [-0.3, -0.25) is 4.79 Å². The van der Waals surface area contributed by atoms with Crippen LogP contribution in [-0.4, -0.2) is 29.0 Å². The summed E-state index contributed by atoms with van der Waals surface area (Å²) >= 11 is 0. The number of aryl methyl sites for hydroxylation is 1. The molecule has 1 aromatic rings. The summed E-state index contributed by atoms with van der Waals surface area (Å²) in [6, 6.07) is 0. The van der Waals surface area contributed by atoms with Crippen LogP contribution >= 0.6 is 0 Å².